The lowest BCUT2D eigenvalue weighted by atomic mass is 9.98. The maximum absolute atomic E-state index is 13.5. The second kappa shape index (κ2) is 14.9. The van der Waals surface area contributed by atoms with Gasteiger partial charge >= 0.3 is 6.18 Å². The first kappa shape index (κ1) is 33.2. The van der Waals surface area contributed by atoms with E-state index < -0.39 is 54.7 Å². The summed E-state index contributed by atoms with van der Waals surface area (Å²) >= 11 is 0. The Labute approximate surface area is 258 Å². The molecule has 1 saturated heterocycles. The Morgan fingerprint density at radius 2 is 1.56 bits per heavy atom. The predicted octanol–water partition coefficient (Wildman–Crippen LogP) is 3.05. The minimum atomic E-state index is -5.19. The molecule has 1 aliphatic heterocycles. The van der Waals surface area contributed by atoms with Crippen molar-refractivity contribution >= 4 is 40.2 Å². The van der Waals surface area contributed by atoms with Crippen molar-refractivity contribution in [1.29, 1.82) is 0 Å². The van der Waals surface area contributed by atoms with Gasteiger partial charge in [0, 0.05) is 62.1 Å². The summed E-state index contributed by atoms with van der Waals surface area (Å²) in [5.41, 5.74) is 2.65. The predicted molar refractivity (Wildman–Crippen MR) is 164 cm³/mol. The number of likely N-dealkylation sites (tertiary alicyclic amines) is 1. The minimum absolute atomic E-state index is 0.0813. The second-order valence-corrected chi connectivity index (χ2v) is 10.8. The summed E-state index contributed by atoms with van der Waals surface area (Å²) < 4.78 is 40.4. The van der Waals surface area contributed by atoms with E-state index in [2.05, 4.69) is 30.8 Å². The van der Waals surface area contributed by atoms with Crippen molar-refractivity contribution in [3.63, 3.8) is 0 Å². The van der Waals surface area contributed by atoms with Gasteiger partial charge in [0.1, 0.15) is 17.9 Å². The highest BCUT2D eigenvalue weighted by Crippen LogP contribution is 2.24. The molecule has 45 heavy (non-hydrogen) atoms. The van der Waals surface area contributed by atoms with Gasteiger partial charge in [-0.1, -0.05) is 49.4 Å². The molecular formula is C32H37F3N6O4. The summed E-state index contributed by atoms with van der Waals surface area (Å²) in [5.74, 6) is -3.41. The van der Waals surface area contributed by atoms with Gasteiger partial charge in [-0.15, -0.1) is 0 Å². The Morgan fingerprint density at radius 3 is 2.24 bits per heavy atom. The van der Waals surface area contributed by atoms with Crippen LogP contribution >= 0.6 is 0 Å². The smallest absolute Gasteiger partial charge is 0.361 e. The summed E-state index contributed by atoms with van der Waals surface area (Å²) in [6.45, 7) is 2.63. The van der Waals surface area contributed by atoms with Crippen molar-refractivity contribution in [2.24, 2.45) is 4.99 Å². The number of nitrogens with one attached hydrogen (secondary N) is 4. The lowest BCUT2D eigenvalue weighted by Gasteiger charge is -2.24. The molecule has 0 radical (unpaired) electrons. The molecule has 13 heteroatoms. The van der Waals surface area contributed by atoms with Gasteiger partial charge in [0.15, 0.2) is 0 Å². The molecule has 2 unspecified atom stereocenters. The van der Waals surface area contributed by atoms with Crippen molar-refractivity contribution in [2.45, 2.75) is 57.3 Å². The fourth-order valence-electron chi connectivity index (χ4n) is 5.47. The van der Waals surface area contributed by atoms with Gasteiger partial charge in [0.25, 0.3) is 5.78 Å². The highest BCUT2D eigenvalue weighted by molar-refractivity contribution is 6.01. The summed E-state index contributed by atoms with van der Waals surface area (Å²) in [5, 5.41) is 7.85. The van der Waals surface area contributed by atoms with Crippen LogP contribution in [-0.4, -0.2) is 84.2 Å². The van der Waals surface area contributed by atoms with E-state index in [1.54, 1.807) is 38.2 Å². The largest absolute Gasteiger partial charge is 0.452 e. The van der Waals surface area contributed by atoms with Crippen LogP contribution < -0.4 is 16.0 Å². The highest BCUT2D eigenvalue weighted by Gasteiger charge is 2.44. The van der Waals surface area contributed by atoms with Crippen molar-refractivity contribution in [3.05, 3.63) is 71.4 Å². The Hall–Kier alpha value is -4.68. The zero-order valence-electron chi connectivity index (χ0n) is 25.2. The number of hydrogen-bond donors (Lipinski definition) is 4. The molecule has 10 nitrogen and oxygen atoms in total. The van der Waals surface area contributed by atoms with Crippen molar-refractivity contribution in [1.82, 2.24) is 25.8 Å². The molecule has 0 saturated carbocycles. The van der Waals surface area contributed by atoms with Crippen LogP contribution in [-0.2, 0) is 32.0 Å². The average Bonchev–Trinajstić information content (AvgIpc) is 3.70. The van der Waals surface area contributed by atoms with Crippen LogP contribution in [0.1, 0.15) is 42.9 Å². The number of Topliss-reactive ketones (excluding diaryl/α,β-unsaturated/α-hetero) is 1. The Kier molecular flexibility index (Phi) is 11.0. The number of ketones is 1. The second-order valence-electron chi connectivity index (χ2n) is 10.8. The first-order chi connectivity index (χ1) is 21.5. The van der Waals surface area contributed by atoms with Crippen LogP contribution in [0.5, 0.6) is 0 Å². The molecule has 1 aliphatic rings. The number of aliphatic imine (C=N–C) groups is 1. The number of H-pyrrole nitrogens is 1. The third-order valence-electron chi connectivity index (χ3n) is 7.73. The molecule has 2 aromatic carbocycles. The number of amidine groups is 1. The quantitative estimate of drug-likeness (QED) is 0.181. The minimum Gasteiger partial charge on any atom is -0.361 e. The van der Waals surface area contributed by atoms with Gasteiger partial charge in [-0.2, -0.15) is 13.2 Å². The van der Waals surface area contributed by atoms with Crippen LogP contribution in [0, 0.1) is 0 Å². The van der Waals surface area contributed by atoms with Gasteiger partial charge in [0.05, 0.1) is 6.54 Å². The molecule has 0 bridgehead atoms. The molecule has 2 atom stereocenters. The number of para-hydroxylation sites is 1. The van der Waals surface area contributed by atoms with Gasteiger partial charge in [-0.25, -0.2) is 0 Å². The third-order valence-corrected chi connectivity index (χ3v) is 7.73. The van der Waals surface area contributed by atoms with Crippen LogP contribution in [0.3, 0.4) is 0 Å². The van der Waals surface area contributed by atoms with E-state index in [4.69, 9.17) is 0 Å². The summed E-state index contributed by atoms with van der Waals surface area (Å²) in [4.78, 5) is 60.3. The number of fused-ring (bicyclic) bond motifs is 1. The maximum atomic E-state index is 13.5. The van der Waals surface area contributed by atoms with E-state index in [9.17, 15) is 32.3 Å². The summed E-state index contributed by atoms with van der Waals surface area (Å²) in [6.07, 6.45) is -1.84. The van der Waals surface area contributed by atoms with Crippen LogP contribution in [0.15, 0.2) is 59.7 Å². The van der Waals surface area contributed by atoms with Crippen molar-refractivity contribution < 1.29 is 32.3 Å². The molecule has 240 valence electrons. The number of nitrogens with zero attached hydrogens (tertiary/aromatic N) is 2. The first-order valence-corrected chi connectivity index (χ1v) is 14.8. The molecular weight excluding hydrogens is 589 g/mol. The van der Waals surface area contributed by atoms with E-state index in [1.165, 1.54) is 6.20 Å². The lowest BCUT2D eigenvalue weighted by Crippen LogP contribution is -2.53. The molecule has 1 fully saturated rings. The topological polar surface area (TPSA) is 136 Å². The lowest BCUT2D eigenvalue weighted by molar-refractivity contribution is -0.173. The van der Waals surface area contributed by atoms with E-state index in [1.807, 2.05) is 24.3 Å². The normalized spacial score (nSPS) is 15.0. The molecule has 2 heterocycles. The molecule has 4 rings (SSSR count). The number of alkyl halides is 3. The Morgan fingerprint density at radius 1 is 0.911 bits per heavy atom. The summed E-state index contributed by atoms with van der Waals surface area (Å²) in [6, 6.07) is 11.3. The summed E-state index contributed by atoms with van der Waals surface area (Å²) in [7, 11) is 1.70. The fraction of sp³-hybridized carbons (Fsp3) is 0.406. The van der Waals surface area contributed by atoms with Gasteiger partial charge in [-0.05, 0) is 30.0 Å². The maximum Gasteiger partial charge on any atom is 0.452 e. The number of benzene rings is 2. The number of rotatable bonds is 12. The van der Waals surface area contributed by atoms with E-state index >= 15 is 0 Å². The zero-order chi connectivity index (χ0) is 32.6. The van der Waals surface area contributed by atoms with Crippen LogP contribution in [0.2, 0.25) is 0 Å². The number of halogens is 3. The number of aromatic amines is 1. The Balaban J connectivity index is 1.47. The standard InChI is InChI=1S/C32H37F3N6O4/c1-3-27(42)40-26(16-20-10-4-5-12-23(20)30(36-2)41-14-8-9-15-41)31(45)38-19-28(43)39-25(29(44)32(33,34)35)17-21-18-37-24-13-7-6-11-22(21)24/h4-7,10-13,18,25-26,37H,3,8-9,14-17,19H2,1-2H3,(H,38,45)(H,39,43)(H,40,42). The molecule has 1 aromatic heterocycles. The average molecular weight is 627 g/mol. The van der Waals surface area contributed by atoms with Gasteiger partial charge in [0.2, 0.25) is 17.7 Å². The number of hydrogen-bond acceptors (Lipinski definition) is 5. The highest BCUT2D eigenvalue weighted by atomic mass is 19.4. The third kappa shape index (κ3) is 8.49. The molecule has 3 amide bonds. The van der Waals surface area contributed by atoms with E-state index in [0.29, 0.717) is 16.5 Å². The molecule has 3 aromatic rings. The number of amides is 3. The number of carbonyl (C=O) groups excluding carboxylic acids is 4. The Bertz CT molecular complexity index is 1560. The number of carbonyl (C=O) groups is 4. The van der Waals surface area contributed by atoms with E-state index in [0.717, 1.165) is 42.9 Å². The SMILES string of the molecule is CCC(=O)NC(Cc1ccccc1C(=NC)N1CCCC1)C(=O)NCC(=O)NC(Cc1c[nH]c2ccccc12)C(=O)C(F)(F)F. The monoisotopic (exact) mass is 626 g/mol. The first-order valence-electron chi connectivity index (χ1n) is 14.8. The number of aromatic nitrogens is 1. The van der Waals surface area contributed by atoms with Crippen LogP contribution in [0.4, 0.5) is 13.2 Å². The fourth-order valence-corrected chi connectivity index (χ4v) is 5.47. The molecule has 4 N–H and O–H groups in total. The van der Waals surface area contributed by atoms with Crippen molar-refractivity contribution in [2.75, 3.05) is 26.7 Å². The van der Waals surface area contributed by atoms with E-state index in [-0.39, 0.29) is 12.8 Å². The van der Waals surface area contributed by atoms with Gasteiger partial charge < -0.3 is 25.8 Å². The molecule has 0 aliphatic carbocycles. The van der Waals surface area contributed by atoms with Crippen LogP contribution in [0.25, 0.3) is 10.9 Å². The van der Waals surface area contributed by atoms with Gasteiger partial charge in [-0.3, -0.25) is 24.2 Å². The van der Waals surface area contributed by atoms with Crippen molar-refractivity contribution in [3.8, 4) is 0 Å². The zero-order valence-corrected chi connectivity index (χ0v) is 25.2. The molecule has 0 spiro atoms.